The van der Waals surface area contributed by atoms with Gasteiger partial charge in [0.1, 0.15) is 11.6 Å². The van der Waals surface area contributed by atoms with Crippen molar-refractivity contribution in [2.45, 2.75) is 0 Å². The minimum Gasteiger partial charge on any atom is -0.538 e. The van der Waals surface area contributed by atoms with Gasteiger partial charge in [-0.25, -0.2) is 12.8 Å². The molecule has 0 amide bonds. The molecule has 0 heterocycles. The molecule has 14 heavy (non-hydrogen) atoms. The van der Waals surface area contributed by atoms with Gasteiger partial charge in [-0.3, -0.25) is 4.10 Å². The lowest BCUT2D eigenvalue weighted by atomic mass is 10.3. The molecule has 0 aliphatic rings. The number of hydrogen-bond donors (Lipinski definition) is 0. The molecule has 0 bridgehead atoms. The molecular weight excluding hydrogens is 210 g/mol. The minimum absolute atomic E-state index is 0.343. The third-order valence-corrected chi connectivity index (χ3v) is 1.83. The molecule has 1 rings (SSSR count). The second-order valence-corrected chi connectivity index (χ2v) is 4.18. The molecule has 0 N–H and O–H groups in total. The third kappa shape index (κ3) is 4.24. The number of halogens is 1. The summed E-state index contributed by atoms with van der Waals surface area (Å²) in [6.45, 7) is 0. The van der Waals surface area contributed by atoms with Gasteiger partial charge in [0, 0.05) is 0 Å². The Hall–Kier alpha value is -1.08. The van der Waals surface area contributed by atoms with E-state index in [4.69, 9.17) is 4.65 Å². The average Bonchev–Trinajstić information content (AvgIpc) is 2.06. The maximum Gasteiger partial charge on any atom is 0.522 e. The summed E-state index contributed by atoms with van der Waals surface area (Å²) >= 11 is 0. The Kier molecular flexibility index (Phi) is 3.48. The van der Waals surface area contributed by atoms with Crippen LogP contribution in [-0.2, 0) is 14.2 Å². The van der Waals surface area contributed by atoms with Crippen LogP contribution in [0.3, 0.4) is 0 Å². The molecule has 0 atom stereocenters. The molecule has 1 aromatic carbocycles. The van der Waals surface area contributed by atoms with E-state index in [0.29, 0.717) is 5.75 Å². The van der Waals surface area contributed by atoms with Crippen LogP contribution in [0.1, 0.15) is 0 Å². The predicted octanol–water partition coefficient (Wildman–Crippen LogP) is 0.447. The molecule has 0 saturated heterocycles. The van der Waals surface area contributed by atoms with Crippen molar-refractivity contribution < 1.29 is 21.6 Å². The van der Waals surface area contributed by atoms with Gasteiger partial charge in [0.05, 0.1) is 6.26 Å². The molecule has 0 aliphatic heterocycles. The van der Waals surface area contributed by atoms with Gasteiger partial charge in [-0.15, -0.1) is 0 Å². The summed E-state index contributed by atoms with van der Waals surface area (Å²) in [6, 6.07) is 5.16. The van der Waals surface area contributed by atoms with Crippen LogP contribution in [0.4, 0.5) is 4.39 Å². The van der Waals surface area contributed by atoms with E-state index in [1.165, 1.54) is 24.3 Å². The zero-order chi connectivity index (χ0) is 10.6. The van der Waals surface area contributed by atoms with Crippen molar-refractivity contribution in [2.75, 3.05) is 6.26 Å². The highest BCUT2D eigenvalue weighted by molar-refractivity contribution is 7.86. The second-order valence-electron chi connectivity index (χ2n) is 2.54. The first-order chi connectivity index (χ1) is 6.47. The minimum atomic E-state index is -3.50. The van der Waals surface area contributed by atoms with Crippen LogP contribution in [-0.4, -0.2) is 22.4 Å². The van der Waals surface area contributed by atoms with Crippen LogP contribution < -0.4 is 4.65 Å². The summed E-state index contributed by atoms with van der Waals surface area (Å²) in [6.07, 6.45) is 0.918. The summed E-state index contributed by atoms with van der Waals surface area (Å²) in [4.78, 5) is 0. The fourth-order valence-corrected chi connectivity index (χ4v) is 0.933. The summed E-state index contributed by atoms with van der Waals surface area (Å²) in [5.74, 6) is -0.0450. The van der Waals surface area contributed by atoms with Gasteiger partial charge >= 0.3 is 7.69 Å². The Bertz CT molecular complexity index is 389. The molecule has 0 spiro atoms. The van der Waals surface area contributed by atoms with Gasteiger partial charge in [0.2, 0.25) is 0 Å². The van der Waals surface area contributed by atoms with Crippen molar-refractivity contribution in [3.05, 3.63) is 30.1 Å². The molecule has 0 aromatic heterocycles. The number of hydrogen-bond acceptors (Lipinski definition) is 4. The first-order valence-corrected chi connectivity index (χ1v) is 5.52. The Labute approximate surface area is 82.1 Å². The fraction of sp³-hybridized carbons (Fsp3) is 0.143. The maximum atomic E-state index is 12.4. The lowest BCUT2D eigenvalue weighted by Crippen LogP contribution is -2.13. The third-order valence-electron chi connectivity index (χ3n) is 1.30. The lowest BCUT2D eigenvalue weighted by molar-refractivity contribution is 0.443. The van der Waals surface area contributed by atoms with Crippen molar-refractivity contribution in [2.24, 2.45) is 0 Å². The largest absolute Gasteiger partial charge is 0.538 e. The highest BCUT2D eigenvalue weighted by Gasteiger charge is 2.04. The Morgan fingerprint density at radius 3 is 2.36 bits per heavy atom. The van der Waals surface area contributed by atoms with Crippen LogP contribution in [0.25, 0.3) is 0 Å². The first kappa shape index (κ1) is 11.0. The quantitative estimate of drug-likeness (QED) is 0.688. The summed E-state index contributed by atoms with van der Waals surface area (Å²) < 4.78 is 42.6. The summed E-state index contributed by atoms with van der Waals surface area (Å²) in [5.41, 5.74) is 0. The average molecular weight is 218 g/mol. The summed E-state index contributed by atoms with van der Waals surface area (Å²) in [7, 11) is -3.91. The second kappa shape index (κ2) is 4.43. The molecule has 4 nitrogen and oxygen atoms in total. The van der Waals surface area contributed by atoms with Crippen LogP contribution in [0.15, 0.2) is 24.3 Å². The highest BCUT2D eigenvalue weighted by atomic mass is 32.2. The monoisotopic (exact) mass is 218 g/mol. The van der Waals surface area contributed by atoms with Crippen LogP contribution in [0, 0.1) is 5.82 Å². The van der Waals surface area contributed by atoms with Crippen LogP contribution in [0.5, 0.6) is 5.75 Å². The standard InChI is InChI=1S/C7H8BFO4S/c1-14(10,11)13-8-12-7-4-2-6(9)3-5-7/h2-5,8H,1H3. The first-order valence-electron chi connectivity index (χ1n) is 3.70. The van der Waals surface area contributed by atoms with E-state index in [0.717, 1.165) is 6.26 Å². The molecule has 0 radical (unpaired) electrons. The molecule has 0 saturated carbocycles. The van der Waals surface area contributed by atoms with Crippen molar-refractivity contribution >= 4 is 17.8 Å². The smallest absolute Gasteiger partial charge is 0.522 e. The Morgan fingerprint density at radius 2 is 1.86 bits per heavy atom. The molecule has 0 aliphatic carbocycles. The van der Waals surface area contributed by atoms with Crippen LogP contribution >= 0.6 is 0 Å². The van der Waals surface area contributed by atoms with E-state index in [2.05, 4.69) is 4.10 Å². The fourth-order valence-electron chi connectivity index (χ4n) is 0.710. The highest BCUT2D eigenvalue weighted by Crippen LogP contribution is 2.10. The van der Waals surface area contributed by atoms with Gasteiger partial charge < -0.3 is 4.65 Å². The van der Waals surface area contributed by atoms with Gasteiger partial charge in [0.25, 0.3) is 10.1 Å². The molecule has 0 unspecified atom stereocenters. The maximum absolute atomic E-state index is 12.4. The van der Waals surface area contributed by atoms with Crippen molar-refractivity contribution in [1.82, 2.24) is 0 Å². The number of rotatable bonds is 4. The van der Waals surface area contributed by atoms with Gasteiger partial charge in [-0.2, -0.15) is 0 Å². The summed E-state index contributed by atoms with van der Waals surface area (Å²) in [5, 5.41) is 0. The van der Waals surface area contributed by atoms with Crippen LogP contribution in [0.2, 0.25) is 0 Å². The van der Waals surface area contributed by atoms with Gasteiger partial charge in [0.15, 0.2) is 0 Å². The zero-order valence-electron chi connectivity index (χ0n) is 7.44. The molecule has 0 fully saturated rings. The van der Waals surface area contributed by atoms with Gasteiger partial charge in [-0.1, -0.05) is 0 Å². The van der Waals surface area contributed by atoms with E-state index in [-0.39, 0.29) is 5.82 Å². The molecular formula is C7H8BFO4S. The topological polar surface area (TPSA) is 52.6 Å². The van der Waals surface area contributed by atoms with Gasteiger partial charge in [-0.05, 0) is 24.3 Å². The van der Waals surface area contributed by atoms with E-state index in [1.54, 1.807) is 0 Å². The lowest BCUT2D eigenvalue weighted by Gasteiger charge is -2.03. The molecule has 7 heteroatoms. The Balaban J connectivity index is 2.43. The van der Waals surface area contributed by atoms with E-state index in [1.807, 2.05) is 0 Å². The Morgan fingerprint density at radius 1 is 1.29 bits per heavy atom. The number of benzene rings is 1. The van der Waals surface area contributed by atoms with E-state index in [9.17, 15) is 12.8 Å². The van der Waals surface area contributed by atoms with Crippen molar-refractivity contribution in [3.63, 3.8) is 0 Å². The van der Waals surface area contributed by atoms with E-state index >= 15 is 0 Å². The van der Waals surface area contributed by atoms with E-state index < -0.39 is 17.8 Å². The predicted molar refractivity (Wildman–Crippen MR) is 50.1 cm³/mol. The molecule has 1 aromatic rings. The van der Waals surface area contributed by atoms with Crippen molar-refractivity contribution in [1.29, 1.82) is 0 Å². The zero-order valence-corrected chi connectivity index (χ0v) is 8.25. The molecule has 76 valence electrons. The van der Waals surface area contributed by atoms with Crippen molar-refractivity contribution in [3.8, 4) is 5.75 Å². The normalized spacial score (nSPS) is 11.0. The SMILES string of the molecule is CS(=O)(=O)OBOc1ccc(F)cc1.